The molecule has 0 saturated carbocycles. The standard InChI is InChI=1S/C20H19BrN2O2S/c1-11-7-13(3)15(8-12(11)2)18-10-26-20(22-18)23-19(24)16-9-14(25-4)5-6-17(16)21/h5-10H,1-4H3,(H,22,23,24). The lowest BCUT2D eigenvalue weighted by Gasteiger charge is -2.08. The Labute approximate surface area is 165 Å². The van der Waals surface area contributed by atoms with Gasteiger partial charge in [0, 0.05) is 15.4 Å². The number of aryl methyl sites for hydroxylation is 3. The van der Waals surface area contributed by atoms with Gasteiger partial charge in [-0.2, -0.15) is 0 Å². The Balaban J connectivity index is 1.85. The van der Waals surface area contributed by atoms with Crippen molar-refractivity contribution in [2.75, 3.05) is 12.4 Å². The Kier molecular flexibility index (Phi) is 5.44. The second-order valence-corrected chi connectivity index (χ2v) is 7.80. The highest BCUT2D eigenvalue weighted by Gasteiger charge is 2.15. The van der Waals surface area contributed by atoms with Gasteiger partial charge < -0.3 is 4.74 Å². The Morgan fingerprint density at radius 2 is 1.85 bits per heavy atom. The molecule has 0 fully saturated rings. The molecule has 0 atom stereocenters. The number of ether oxygens (including phenoxy) is 1. The number of thiazole rings is 1. The maximum Gasteiger partial charge on any atom is 0.258 e. The number of anilines is 1. The van der Waals surface area contributed by atoms with Crippen molar-refractivity contribution in [2.24, 2.45) is 0 Å². The van der Waals surface area contributed by atoms with Crippen molar-refractivity contribution >= 4 is 38.3 Å². The van der Waals surface area contributed by atoms with Crippen LogP contribution in [0.5, 0.6) is 5.75 Å². The molecule has 26 heavy (non-hydrogen) atoms. The molecular weight excluding hydrogens is 412 g/mol. The molecule has 0 aliphatic rings. The van der Waals surface area contributed by atoms with Crippen LogP contribution in [0, 0.1) is 20.8 Å². The second kappa shape index (κ2) is 7.60. The zero-order valence-corrected chi connectivity index (χ0v) is 17.4. The fourth-order valence-electron chi connectivity index (χ4n) is 2.66. The third-order valence-electron chi connectivity index (χ3n) is 4.26. The molecule has 1 N–H and O–H groups in total. The van der Waals surface area contributed by atoms with Gasteiger partial charge in [0.1, 0.15) is 5.75 Å². The van der Waals surface area contributed by atoms with Crippen molar-refractivity contribution in [3.05, 3.63) is 62.4 Å². The number of carbonyl (C=O) groups excluding carboxylic acids is 1. The topological polar surface area (TPSA) is 51.2 Å². The molecule has 0 aliphatic carbocycles. The number of hydrogen-bond acceptors (Lipinski definition) is 4. The summed E-state index contributed by atoms with van der Waals surface area (Å²) in [4.78, 5) is 17.2. The van der Waals surface area contributed by atoms with Gasteiger partial charge in [0.25, 0.3) is 5.91 Å². The molecule has 1 amide bonds. The van der Waals surface area contributed by atoms with Gasteiger partial charge in [0.15, 0.2) is 5.13 Å². The van der Waals surface area contributed by atoms with Gasteiger partial charge >= 0.3 is 0 Å². The van der Waals surface area contributed by atoms with E-state index in [2.05, 4.69) is 59.1 Å². The van der Waals surface area contributed by atoms with E-state index >= 15 is 0 Å². The fourth-order valence-corrected chi connectivity index (χ4v) is 3.79. The largest absolute Gasteiger partial charge is 0.497 e. The molecule has 0 unspecified atom stereocenters. The first kappa shape index (κ1) is 18.6. The van der Waals surface area contributed by atoms with E-state index in [1.165, 1.54) is 28.0 Å². The lowest BCUT2D eigenvalue weighted by Crippen LogP contribution is -2.12. The van der Waals surface area contributed by atoms with E-state index in [1.54, 1.807) is 25.3 Å². The summed E-state index contributed by atoms with van der Waals surface area (Å²) in [6.45, 7) is 6.27. The van der Waals surface area contributed by atoms with Gasteiger partial charge in [-0.1, -0.05) is 6.07 Å². The second-order valence-electron chi connectivity index (χ2n) is 6.09. The van der Waals surface area contributed by atoms with Gasteiger partial charge in [-0.25, -0.2) is 4.98 Å². The zero-order valence-electron chi connectivity index (χ0n) is 15.0. The number of benzene rings is 2. The number of nitrogens with zero attached hydrogens (tertiary/aromatic N) is 1. The van der Waals surface area contributed by atoms with Crippen molar-refractivity contribution in [1.29, 1.82) is 0 Å². The molecule has 0 saturated heterocycles. The number of rotatable bonds is 4. The maximum atomic E-state index is 12.6. The highest BCUT2D eigenvalue weighted by Crippen LogP contribution is 2.30. The lowest BCUT2D eigenvalue weighted by atomic mass is 9.99. The van der Waals surface area contributed by atoms with Crippen LogP contribution in [0.2, 0.25) is 0 Å². The lowest BCUT2D eigenvalue weighted by molar-refractivity contribution is 0.102. The van der Waals surface area contributed by atoms with Crippen LogP contribution in [-0.2, 0) is 0 Å². The minimum atomic E-state index is -0.228. The first-order valence-corrected chi connectivity index (χ1v) is 9.75. The van der Waals surface area contributed by atoms with Crippen LogP contribution in [0.3, 0.4) is 0 Å². The molecule has 4 nitrogen and oxygen atoms in total. The minimum absolute atomic E-state index is 0.228. The number of amides is 1. The van der Waals surface area contributed by atoms with Crippen LogP contribution in [0.4, 0.5) is 5.13 Å². The van der Waals surface area contributed by atoms with Gasteiger partial charge in [-0.3, -0.25) is 10.1 Å². The van der Waals surface area contributed by atoms with Gasteiger partial charge in [-0.05, 0) is 77.7 Å². The minimum Gasteiger partial charge on any atom is -0.497 e. The third-order valence-corrected chi connectivity index (χ3v) is 5.71. The van der Waals surface area contributed by atoms with Crippen molar-refractivity contribution < 1.29 is 9.53 Å². The Morgan fingerprint density at radius 3 is 2.58 bits per heavy atom. The van der Waals surface area contributed by atoms with E-state index in [4.69, 9.17) is 4.74 Å². The number of aromatic nitrogens is 1. The average Bonchev–Trinajstić information content (AvgIpc) is 3.06. The van der Waals surface area contributed by atoms with E-state index in [1.807, 2.05) is 5.38 Å². The quantitative estimate of drug-likeness (QED) is 0.572. The van der Waals surface area contributed by atoms with E-state index in [0.717, 1.165) is 11.3 Å². The molecule has 0 bridgehead atoms. The van der Waals surface area contributed by atoms with Gasteiger partial charge in [-0.15, -0.1) is 11.3 Å². The molecule has 3 aromatic rings. The summed E-state index contributed by atoms with van der Waals surface area (Å²) in [7, 11) is 1.57. The Hall–Kier alpha value is -2.18. The predicted molar refractivity (Wildman–Crippen MR) is 110 cm³/mol. The van der Waals surface area contributed by atoms with E-state index in [-0.39, 0.29) is 5.91 Å². The molecule has 3 rings (SSSR count). The highest BCUT2D eigenvalue weighted by atomic mass is 79.9. The predicted octanol–water partition coefficient (Wildman–Crippen LogP) is 5.76. The van der Waals surface area contributed by atoms with E-state index in [0.29, 0.717) is 20.9 Å². The van der Waals surface area contributed by atoms with Crippen LogP contribution in [0.25, 0.3) is 11.3 Å². The summed E-state index contributed by atoms with van der Waals surface area (Å²) in [5.41, 5.74) is 6.13. The van der Waals surface area contributed by atoms with E-state index < -0.39 is 0 Å². The number of nitrogens with one attached hydrogen (secondary N) is 1. The molecular formula is C20H19BrN2O2S. The first-order chi connectivity index (χ1) is 12.4. The number of methoxy groups -OCH3 is 1. The molecule has 0 radical (unpaired) electrons. The smallest absolute Gasteiger partial charge is 0.258 e. The average molecular weight is 431 g/mol. The molecule has 2 aromatic carbocycles. The third kappa shape index (κ3) is 3.81. The van der Waals surface area contributed by atoms with Gasteiger partial charge in [0.05, 0.1) is 18.4 Å². The van der Waals surface area contributed by atoms with Crippen LogP contribution in [0.15, 0.2) is 40.2 Å². The van der Waals surface area contributed by atoms with Crippen LogP contribution in [-0.4, -0.2) is 18.0 Å². The van der Waals surface area contributed by atoms with Crippen molar-refractivity contribution in [3.8, 4) is 17.0 Å². The zero-order chi connectivity index (χ0) is 18.8. The molecule has 134 valence electrons. The Morgan fingerprint density at radius 1 is 1.12 bits per heavy atom. The fraction of sp³-hybridized carbons (Fsp3) is 0.200. The summed E-state index contributed by atoms with van der Waals surface area (Å²) in [6, 6.07) is 9.59. The summed E-state index contributed by atoms with van der Waals surface area (Å²) < 4.78 is 5.90. The summed E-state index contributed by atoms with van der Waals surface area (Å²) in [5, 5.41) is 5.40. The molecule has 0 spiro atoms. The molecule has 1 aromatic heterocycles. The highest BCUT2D eigenvalue weighted by molar-refractivity contribution is 9.10. The summed E-state index contributed by atoms with van der Waals surface area (Å²) in [6.07, 6.45) is 0. The van der Waals surface area contributed by atoms with Crippen molar-refractivity contribution in [3.63, 3.8) is 0 Å². The number of halogens is 1. The summed E-state index contributed by atoms with van der Waals surface area (Å²) >= 11 is 4.82. The van der Waals surface area contributed by atoms with Crippen LogP contribution < -0.4 is 10.1 Å². The number of carbonyl (C=O) groups is 1. The van der Waals surface area contributed by atoms with Crippen molar-refractivity contribution in [1.82, 2.24) is 4.98 Å². The van der Waals surface area contributed by atoms with Crippen molar-refractivity contribution in [2.45, 2.75) is 20.8 Å². The SMILES string of the molecule is COc1ccc(Br)c(C(=O)Nc2nc(-c3cc(C)c(C)cc3C)cs2)c1. The van der Waals surface area contributed by atoms with Crippen LogP contribution in [0.1, 0.15) is 27.0 Å². The molecule has 6 heteroatoms. The summed E-state index contributed by atoms with van der Waals surface area (Å²) in [5.74, 6) is 0.400. The maximum absolute atomic E-state index is 12.6. The van der Waals surface area contributed by atoms with E-state index in [9.17, 15) is 4.79 Å². The molecule has 1 heterocycles. The molecule has 0 aliphatic heterocycles. The normalized spacial score (nSPS) is 10.7. The number of hydrogen-bond donors (Lipinski definition) is 1. The van der Waals surface area contributed by atoms with Crippen LogP contribution >= 0.6 is 27.3 Å². The monoisotopic (exact) mass is 430 g/mol. The first-order valence-electron chi connectivity index (χ1n) is 8.07. The van der Waals surface area contributed by atoms with Gasteiger partial charge in [0.2, 0.25) is 0 Å². The Bertz CT molecular complexity index is 982.